The lowest BCUT2D eigenvalue weighted by molar-refractivity contribution is -0.275. The summed E-state index contributed by atoms with van der Waals surface area (Å²) in [5.74, 6) is -2.07. The second-order valence-electron chi connectivity index (χ2n) is 2.93. The summed E-state index contributed by atoms with van der Waals surface area (Å²) >= 11 is 0. The zero-order valence-corrected chi connectivity index (χ0v) is 8.91. The number of hydrogen-bond donors (Lipinski definition) is 1. The van der Waals surface area contributed by atoms with Gasteiger partial charge in [0.05, 0.1) is 12.7 Å². The van der Waals surface area contributed by atoms with Crippen molar-refractivity contribution in [3.8, 4) is 11.9 Å². The number of anilines is 1. The number of esters is 1. The number of alkyl halides is 3. The van der Waals surface area contributed by atoms with E-state index in [4.69, 9.17) is 11.0 Å². The number of rotatable bonds is 2. The minimum Gasteiger partial charge on any atom is -0.465 e. The number of ether oxygens (including phenoxy) is 2. The smallest absolute Gasteiger partial charge is 0.465 e. The van der Waals surface area contributed by atoms with Crippen LogP contribution in [-0.2, 0) is 4.74 Å². The number of nitrogens with zero attached hydrogens (tertiary/aromatic N) is 2. The topological polar surface area (TPSA) is 98.2 Å². The summed E-state index contributed by atoms with van der Waals surface area (Å²) in [5, 5.41) is 8.59. The third-order valence-corrected chi connectivity index (χ3v) is 1.76. The van der Waals surface area contributed by atoms with Crippen molar-refractivity contribution in [1.29, 1.82) is 5.26 Å². The van der Waals surface area contributed by atoms with Crippen LogP contribution in [0.25, 0.3) is 0 Å². The van der Waals surface area contributed by atoms with Crippen LogP contribution in [0.4, 0.5) is 18.9 Å². The molecule has 0 aliphatic rings. The van der Waals surface area contributed by atoms with Crippen LogP contribution in [-0.4, -0.2) is 24.4 Å². The first kappa shape index (κ1) is 13.6. The van der Waals surface area contributed by atoms with Gasteiger partial charge >= 0.3 is 12.3 Å². The minimum atomic E-state index is -5.04. The van der Waals surface area contributed by atoms with Crippen LogP contribution in [0.1, 0.15) is 16.1 Å². The van der Waals surface area contributed by atoms with Gasteiger partial charge in [-0.3, -0.25) is 0 Å². The molecule has 1 heterocycles. The Morgan fingerprint density at radius 2 is 2.17 bits per heavy atom. The fourth-order valence-electron chi connectivity index (χ4n) is 1.06. The maximum Gasteiger partial charge on any atom is 0.574 e. The molecule has 0 saturated carbocycles. The molecule has 0 radical (unpaired) electrons. The Labute approximate surface area is 98.7 Å². The van der Waals surface area contributed by atoms with Crippen LogP contribution in [0, 0.1) is 11.3 Å². The zero-order chi connectivity index (χ0) is 13.9. The van der Waals surface area contributed by atoms with Gasteiger partial charge < -0.3 is 15.2 Å². The Kier molecular flexibility index (Phi) is 3.61. The maximum atomic E-state index is 12.1. The fourth-order valence-corrected chi connectivity index (χ4v) is 1.06. The molecule has 0 amide bonds. The van der Waals surface area contributed by atoms with E-state index in [9.17, 15) is 18.0 Å². The molecule has 96 valence electrons. The summed E-state index contributed by atoms with van der Waals surface area (Å²) in [6.07, 6.45) is -5.04. The van der Waals surface area contributed by atoms with Crippen molar-refractivity contribution >= 4 is 11.7 Å². The van der Waals surface area contributed by atoms with Crippen molar-refractivity contribution in [3.63, 3.8) is 0 Å². The number of aromatic nitrogens is 1. The van der Waals surface area contributed by atoms with E-state index < -0.39 is 35.2 Å². The van der Waals surface area contributed by atoms with Crippen molar-refractivity contribution in [3.05, 3.63) is 17.3 Å². The molecule has 0 saturated heterocycles. The number of pyridine rings is 1. The predicted molar refractivity (Wildman–Crippen MR) is 51.4 cm³/mol. The van der Waals surface area contributed by atoms with Crippen molar-refractivity contribution in [1.82, 2.24) is 4.98 Å². The van der Waals surface area contributed by atoms with Gasteiger partial charge in [0.15, 0.2) is 0 Å². The molecule has 0 unspecified atom stereocenters. The van der Waals surface area contributed by atoms with Gasteiger partial charge in [0.2, 0.25) is 5.88 Å². The lowest BCUT2D eigenvalue weighted by Crippen LogP contribution is -2.20. The third-order valence-electron chi connectivity index (χ3n) is 1.76. The highest BCUT2D eigenvalue weighted by Gasteiger charge is 2.34. The summed E-state index contributed by atoms with van der Waals surface area (Å²) in [7, 11) is 1.01. The standard InChI is InChI=1S/C9H6F3N3O3/c1-17-8(16)5-2-4(3-13)15-7(6(5)14)18-9(10,11)12/h2H,14H2,1H3. The lowest BCUT2D eigenvalue weighted by Gasteiger charge is -2.12. The molecule has 0 atom stereocenters. The molecule has 18 heavy (non-hydrogen) atoms. The molecular formula is C9H6F3N3O3. The van der Waals surface area contributed by atoms with Gasteiger partial charge in [-0.1, -0.05) is 0 Å². The number of nitriles is 1. The van der Waals surface area contributed by atoms with Gasteiger partial charge in [-0.2, -0.15) is 5.26 Å². The molecule has 0 aliphatic carbocycles. The SMILES string of the molecule is COC(=O)c1cc(C#N)nc(OC(F)(F)F)c1N. The Hall–Kier alpha value is -2.50. The number of carbonyl (C=O) groups is 1. The average Bonchev–Trinajstić information content (AvgIpc) is 2.29. The fraction of sp³-hybridized carbons (Fsp3) is 0.222. The van der Waals surface area contributed by atoms with Crippen LogP contribution >= 0.6 is 0 Å². The van der Waals surface area contributed by atoms with Gasteiger partial charge in [-0.15, -0.1) is 13.2 Å². The van der Waals surface area contributed by atoms with E-state index in [1.807, 2.05) is 0 Å². The molecule has 0 bridgehead atoms. The third kappa shape index (κ3) is 3.00. The first-order valence-corrected chi connectivity index (χ1v) is 4.33. The maximum absolute atomic E-state index is 12.1. The van der Waals surface area contributed by atoms with Crippen molar-refractivity contribution in [2.75, 3.05) is 12.8 Å². The van der Waals surface area contributed by atoms with E-state index in [-0.39, 0.29) is 0 Å². The number of halogens is 3. The van der Waals surface area contributed by atoms with E-state index in [0.717, 1.165) is 13.2 Å². The van der Waals surface area contributed by atoms with Crippen molar-refractivity contribution in [2.24, 2.45) is 0 Å². The van der Waals surface area contributed by atoms with Crippen molar-refractivity contribution in [2.45, 2.75) is 6.36 Å². The number of nitrogens with two attached hydrogens (primary N) is 1. The van der Waals surface area contributed by atoms with E-state index in [0.29, 0.717) is 0 Å². The van der Waals surface area contributed by atoms with E-state index in [1.165, 1.54) is 6.07 Å². The molecule has 1 aromatic heterocycles. The Morgan fingerprint density at radius 3 is 2.61 bits per heavy atom. The quantitative estimate of drug-likeness (QED) is 0.803. The molecule has 0 spiro atoms. The predicted octanol–water partition coefficient (Wildman–Crippen LogP) is 1.22. The molecule has 9 heteroatoms. The van der Waals surface area contributed by atoms with Crippen LogP contribution in [0.2, 0.25) is 0 Å². The zero-order valence-electron chi connectivity index (χ0n) is 8.91. The van der Waals surface area contributed by atoms with Crippen LogP contribution in [0.3, 0.4) is 0 Å². The second kappa shape index (κ2) is 4.79. The molecule has 1 rings (SSSR count). The van der Waals surface area contributed by atoms with Crippen molar-refractivity contribution < 1.29 is 27.4 Å². The molecule has 0 aromatic carbocycles. The molecule has 1 aromatic rings. The van der Waals surface area contributed by atoms with Gasteiger partial charge in [0, 0.05) is 0 Å². The summed E-state index contributed by atoms with van der Waals surface area (Å²) < 4.78 is 44.0. The Balaban J connectivity index is 3.35. The summed E-state index contributed by atoms with van der Waals surface area (Å²) in [6.45, 7) is 0. The molecular weight excluding hydrogens is 255 g/mol. The van der Waals surface area contributed by atoms with Crippen LogP contribution in [0.5, 0.6) is 5.88 Å². The molecule has 0 aliphatic heterocycles. The van der Waals surface area contributed by atoms with E-state index >= 15 is 0 Å². The Morgan fingerprint density at radius 1 is 1.56 bits per heavy atom. The normalized spacial score (nSPS) is 10.6. The Bertz CT molecular complexity index is 522. The summed E-state index contributed by atoms with van der Waals surface area (Å²) in [6, 6.07) is 2.39. The molecule has 2 N–H and O–H groups in total. The van der Waals surface area contributed by atoms with Gasteiger partial charge in [-0.05, 0) is 6.07 Å². The summed E-state index contributed by atoms with van der Waals surface area (Å²) in [4.78, 5) is 14.5. The van der Waals surface area contributed by atoms with Gasteiger partial charge in [-0.25, -0.2) is 9.78 Å². The molecule has 6 nitrogen and oxygen atoms in total. The molecule has 0 fully saturated rings. The lowest BCUT2D eigenvalue weighted by atomic mass is 10.2. The second-order valence-corrected chi connectivity index (χ2v) is 2.93. The number of carbonyl (C=O) groups excluding carboxylic acids is 1. The van der Waals surface area contributed by atoms with E-state index in [1.54, 1.807) is 0 Å². The number of nitrogen functional groups attached to an aromatic ring is 1. The monoisotopic (exact) mass is 261 g/mol. The largest absolute Gasteiger partial charge is 0.574 e. The van der Waals surface area contributed by atoms with Crippen LogP contribution < -0.4 is 10.5 Å². The number of methoxy groups -OCH3 is 1. The first-order chi connectivity index (χ1) is 8.28. The highest BCUT2D eigenvalue weighted by molar-refractivity contribution is 5.96. The number of hydrogen-bond acceptors (Lipinski definition) is 6. The highest BCUT2D eigenvalue weighted by atomic mass is 19.4. The van der Waals surface area contributed by atoms with Gasteiger partial charge in [0.1, 0.15) is 17.5 Å². The highest BCUT2D eigenvalue weighted by Crippen LogP contribution is 2.29. The summed E-state index contributed by atoms with van der Waals surface area (Å²) in [5.41, 5.74) is 3.76. The first-order valence-electron chi connectivity index (χ1n) is 4.33. The minimum absolute atomic E-state index is 0.427. The van der Waals surface area contributed by atoms with E-state index in [2.05, 4.69) is 14.5 Å². The van der Waals surface area contributed by atoms with Crippen LogP contribution in [0.15, 0.2) is 6.07 Å². The average molecular weight is 261 g/mol. The van der Waals surface area contributed by atoms with Gasteiger partial charge in [0.25, 0.3) is 0 Å².